The maximum atomic E-state index is 13.6. The molecule has 2 heterocycles. The second kappa shape index (κ2) is 7.94. The second-order valence-electron chi connectivity index (χ2n) is 7.14. The van der Waals surface area contributed by atoms with E-state index in [9.17, 15) is 9.18 Å². The van der Waals surface area contributed by atoms with Gasteiger partial charge in [0.05, 0.1) is 6.10 Å². The average molecular weight is 402 g/mol. The van der Waals surface area contributed by atoms with Crippen molar-refractivity contribution in [3.8, 4) is 0 Å². The molecule has 0 spiro atoms. The Bertz CT molecular complexity index is 993. The Labute approximate surface area is 167 Å². The van der Waals surface area contributed by atoms with Gasteiger partial charge >= 0.3 is 0 Å². The van der Waals surface area contributed by atoms with Crippen molar-refractivity contribution in [3.05, 3.63) is 70.2 Å². The van der Waals surface area contributed by atoms with Crippen molar-refractivity contribution in [2.45, 2.75) is 32.4 Å². The summed E-state index contributed by atoms with van der Waals surface area (Å²) in [5.41, 5.74) is 2.12. The molecule has 146 valence electrons. The van der Waals surface area contributed by atoms with Gasteiger partial charge in [-0.2, -0.15) is 0 Å². The van der Waals surface area contributed by atoms with Gasteiger partial charge in [0.15, 0.2) is 5.76 Å². The summed E-state index contributed by atoms with van der Waals surface area (Å²) >= 11 is 5.98. The lowest BCUT2D eigenvalue weighted by molar-refractivity contribution is 0.0485. The summed E-state index contributed by atoms with van der Waals surface area (Å²) in [7, 11) is 0. The summed E-state index contributed by atoms with van der Waals surface area (Å²) < 4.78 is 25.1. The van der Waals surface area contributed by atoms with E-state index in [-0.39, 0.29) is 23.6 Å². The van der Waals surface area contributed by atoms with Crippen molar-refractivity contribution >= 4 is 28.5 Å². The summed E-state index contributed by atoms with van der Waals surface area (Å²) in [6.45, 7) is 3.40. The van der Waals surface area contributed by atoms with E-state index in [1.807, 2.05) is 12.1 Å². The predicted octanol–water partition coefficient (Wildman–Crippen LogP) is 5.36. The summed E-state index contributed by atoms with van der Waals surface area (Å²) in [4.78, 5) is 15.1. The van der Waals surface area contributed by atoms with Gasteiger partial charge in [0.25, 0.3) is 5.91 Å². The van der Waals surface area contributed by atoms with Crippen LogP contribution in [0, 0.1) is 12.7 Å². The highest BCUT2D eigenvalue weighted by Crippen LogP contribution is 2.28. The van der Waals surface area contributed by atoms with E-state index in [2.05, 4.69) is 0 Å². The first kappa shape index (κ1) is 19.0. The topological polar surface area (TPSA) is 42.7 Å². The van der Waals surface area contributed by atoms with Crippen LogP contribution in [0.5, 0.6) is 0 Å². The predicted molar refractivity (Wildman–Crippen MR) is 106 cm³/mol. The minimum absolute atomic E-state index is 0.0124. The van der Waals surface area contributed by atoms with E-state index in [0.717, 1.165) is 25.0 Å². The fraction of sp³-hybridized carbons (Fsp3) is 0.318. The fourth-order valence-corrected chi connectivity index (χ4v) is 3.73. The van der Waals surface area contributed by atoms with Crippen molar-refractivity contribution < 1.29 is 18.3 Å². The number of hydrogen-bond donors (Lipinski definition) is 0. The van der Waals surface area contributed by atoms with E-state index in [4.69, 9.17) is 20.8 Å². The molecular weight excluding hydrogens is 381 g/mol. The first-order valence-electron chi connectivity index (χ1n) is 9.35. The molecule has 0 bridgehead atoms. The maximum absolute atomic E-state index is 13.6. The quantitative estimate of drug-likeness (QED) is 0.578. The van der Waals surface area contributed by atoms with Gasteiger partial charge < -0.3 is 14.1 Å². The van der Waals surface area contributed by atoms with E-state index < -0.39 is 0 Å². The highest BCUT2D eigenvalue weighted by atomic mass is 35.5. The SMILES string of the molecule is Cc1c(C(=O)N(Cc2ccc(Cl)cc2)C[C@H]2CCCO2)oc2ccc(F)cc12. The molecule has 0 N–H and O–H groups in total. The lowest BCUT2D eigenvalue weighted by Gasteiger charge is -2.25. The van der Waals surface area contributed by atoms with E-state index in [0.29, 0.717) is 34.6 Å². The molecule has 1 amide bonds. The number of fused-ring (bicyclic) bond motifs is 1. The molecule has 2 aromatic carbocycles. The first-order valence-corrected chi connectivity index (χ1v) is 9.73. The summed E-state index contributed by atoms with van der Waals surface area (Å²) in [5, 5.41) is 1.27. The zero-order chi connectivity index (χ0) is 19.7. The number of rotatable bonds is 5. The maximum Gasteiger partial charge on any atom is 0.290 e. The van der Waals surface area contributed by atoms with Crippen LogP contribution in [0.3, 0.4) is 0 Å². The van der Waals surface area contributed by atoms with E-state index in [1.165, 1.54) is 12.1 Å². The van der Waals surface area contributed by atoms with Gasteiger partial charge in [-0.3, -0.25) is 4.79 Å². The Morgan fingerprint density at radius 3 is 2.75 bits per heavy atom. The highest BCUT2D eigenvalue weighted by molar-refractivity contribution is 6.30. The number of amides is 1. The molecule has 1 aliphatic rings. The Kier molecular flexibility index (Phi) is 5.38. The Morgan fingerprint density at radius 2 is 2.04 bits per heavy atom. The summed E-state index contributed by atoms with van der Waals surface area (Å²) in [6, 6.07) is 11.7. The van der Waals surface area contributed by atoms with Gasteiger partial charge in [-0.25, -0.2) is 4.39 Å². The molecule has 1 fully saturated rings. The van der Waals surface area contributed by atoms with E-state index in [1.54, 1.807) is 30.0 Å². The fourth-order valence-electron chi connectivity index (χ4n) is 3.60. The van der Waals surface area contributed by atoms with Crippen LogP contribution in [-0.2, 0) is 11.3 Å². The van der Waals surface area contributed by atoms with Crippen molar-refractivity contribution in [3.63, 3.8) is 0 Å². The molecule has 6 heteroatoms. The average Bonchev–Trinajstić information content (AvgIpc) is 3.31. The van der Waals surface area contributed by atoms with E-state index >= 15 is 0 Å². The number of aryl methyl sites for hydroxylation is 1. The second-order valence-corrected chi connectivity index (χ2v) is 7.58. The van der Waals surface area contributed by atoms with Gasteiger partial charge in [-0.15, -0.1) is 0 Å². The normalized spacial score (nSPS) is 16.6. The largest absolute Gasteiger partial charge is 0.451 e. The lowest BCUT2D eigenvalue weighted by atomic mass is 10.1. The number of carbonyl (C=O) groups is 1. The van der Waals surface area contributed by atoms with Crippen LogP contribution in [-0.4, -0.2) is 30.1 Å². The third kappa shape index (κ3) is 3.91. The molecular formula is C22H21ClFNO3. The van der Waals surface area contributed by atoms with Crippen LogP contribution in [0.2, 0.25) is 5.02 Å². The number of halogens is 2. The molecule has 4 nitrogen and oxygen atoms in total. The minimum atomic E-state index is -0.354. The van der Waals surface area contributed by atoms with Crippen LogP contribution in [0.4, 0.5) is 4.39 Å². The molecule has 0 saturated carbocycles. The number of carbonyl (C=O) groups excluding carboxylic acids is 1. The van der Waals surface area contributed by atoms with Crippen molar-refractivity contribution in [1.29, 1.82) is 0 Å². The van der Waals surface area contributed by atoms with Gasteiger partial charge in [0, 0.05) is 35.7 Å². The Balaban J connectivity index is 1.65. The lowest BCUT2D eigenvalue weighted by Crippen LogP contribution is -2.37. The smallest absolute Gasteiger partial charge is 0.290 e. The highest BCUT2D eigenvalue weighted by Gasteiger charge is 2.27. The van der Waals surface area contributed by atoms with Gasteiger partial charge in [0.1, 0.15) is 11.4 Å². The van der Waals surface area contributed by atoms with Gasteiger partial charge in [-0.05, 0) is 55.7 Å². The van der Waals surface area contributed by atoms with Gasteiger partial charge in [-0.1, -0.05) is 23.7 Å². The minimum Gasteiger partial charge on any atom is -0.451 e. The third-order valence-electron chi connectivity index (χ3n) is 5.11. The Morgan fingerprint density at radius 1 is 1.25 bits per heavy atom. The number of benzene rings is 2. The zero-order valence-corrected chi connectivity index (χ0v) is 16.3. The van der Waals surface area contributed by atoms with Crippen LogP contribution in [0.1, 0.15) is 34.5 Å². The molecule has 1 saturated heterocycles. The van der Waals surface area contributed by atoms with Crippen LogP contribution >= 0.6 is 11.6 Å². The Hall–Kier alpha value is -2.37. The molecule has 28 heavy (non-hydrogen) atoms. The molecule has 4 rings (SSSR count). The molecule has 1 aliphatic heterocycles. The number of ether oxygens (including phenoxy) is 1. The number of furan rings is 1. The monoisotopic (exact) mass is 401 g/mol. The van der Waals surface area contributed by atoms with Crippen LogP contribution < -0.4 is 0 Å². The van der Waals surface area contributed by atoms with Crippen molar-refractivity contribution in [1.82, 2.24) is 4.90 Å². The summed E-state index contributed by atoms with van der Waals surface area (Å²) in [6.07, 6.45) is 1.93. The van der Waals surface area contributed by atoms with Crippen molar-refractivity contribution in [2.24, 2.45) is 0 Å². The standard InChI is InChI=1S/C22H21ClFNO3/c1-14-19-11-17(24)8-9-20(19)28-21(14)22(26)25(13-18-3-2-10-27-18)12-15-4-6-16(23)7-5-15/h4-9,11,18H,2-3,10,12-13H2,1H3/t18-/m1/s1. The van der Waals surface area contributed by atoms with Crippen LogP contribution in [0.15, 0.2) is 46.9 Å². The first-order chi connectivity index (χ1) is 13.5. The van der Waals surface area contributed by atoms with Crippen molar-refractivity contribution in [2.75, 3.05) is 13.2 Å². The number of hydrogen-bond acceptors (Lipinski definition) is 3. The number of nitrogens with zero attached hydrogens (tertiary/aromatic N) is 1. The van der Waals surface area contributed by atoms with Gasteiger partial charge in [0.2, 0.25) is 0 Å². The summed E-state index contributed by atoms with van der Waals surface area (Å²) in [5.74, 6) is -0.333. The molecule has 0 unspecified atom stereocenters. The van der Waals surface area contributed by atoms with Crippen LogP contribution in [0.25, 0.3) is 11.0 Å². The zero-order valence-electron chi connectivity index (χ0n) is 15.6. The molecule has 0 radical (unpaired) electrons. The molecule has 0 aliphatic carbocycles. The molecule has 3 aromatic rings. The molecule has 1 aromatic heterocycles. The molecule has 1 atom stereocenters. The third-order valence-corrected chi connectivity index (χ3v) is 5.37.